The predicted octanol–water partition coefficient (Wildman–Crippen LogP) is 6.56. The maximum atomic E-state index is 13.0. The van der Waals surface area contributed by atoms with Crippen molar-refractivity contribution in [2.75, 3.05) is 13.2 Å². The third kappa shape index (κ3) is 13.2. The summed E-state index contributed by atoms with van der Waals surface area (Å²) in [6.07, 6.45) is 7.23. The molecule has 0 aromatic rings. The van der Waals surface area contributed by atoms with Gasteiger partial charge in [-0.15, -0.1) is 0 Å². The summed E-state index contributed by atoms with van der Waals surface area (Å²) in [4.78, 5) is 25.9. The summed E-state index contributed by atoms with van der Waals surface area (Å²) in [6.45, 7) is 17.7. The maximum Gasteiger partial charge on any atom is 0.309 e. The van der Waals surface area contributed by atoms with Crippen LogP contribution in [-0.4, -0.2) is 25.2 Å². The summed E-state index contributed by atoms with van der Waals surface area (Å²) in [7, 11) is 0. The van der Waals surface area contributed by atoms with Crippen LogP contribution in [0.4, 0.5) is 0 Å². The van der Waals surface area contributed by atoms with Gasteiger partial charge in [0, 0.05) is 0 Å². The van der Waals surface area contributed by atoms with Gasteiger partial charge in [-0.25, -0.2) is 0 Å². The van der Waals surface area contributed by atoms with Crippen LogP contribution in [0.1, 0.15) is 107 Å². The van der Waals surface area contributed by atoms with E-state index in [1.54, 1.807) is 0 Å². The van der Waals surface area contributed by atoms with Crippen molar-refractivity contribution in [2.24, 2.45) is 22.7 Å². The van der Waals surface area contributed by atoms with E-state index in [2.05, 4.69) is 55.4 Å². The van der Waals surface area contributed by atoms with E-state index in [0.717, 1.165) is 38.5 Å². The van der Waals surface area contributed by atoms with Crippen molar-refractivity contribution in [3.63, 3.8) is 0 Å². The van der Waals surface area contributed by atoms with E-state index >= 15 is 0 Å². The van der Waals surface area contributed by atoms with E-state index < -0.39 is 11.8 Å². The molecule has 0 bridgehead atoms. The third-order valence-corrected chi connectivity index (χ3v) is 4.74. The second kappa shape index (κ2) is 13.2. The van der Waals surface area contributed by atoms with Crippen LogP contribution in [0.3, 0.4) is 0 Å². The van der Waals surface area contributed by atoms with Gasteiger partial charge in [-0.3, -0.25) is 9.59 Å². The van der Waals surface area contributed by atoms with Crippen LogP contribution >= 0.6 is 0 Å². The monoisotopic (exact) mass is 398 g/mol. The minimum absolute atomic E-state index is 0.0776. The summed E-state index contributed by atoms with van der Waals surface area (Å²) in [5.41, 5.74) is -0.155. The number of carbonyl (C=O) groups excluding carboxylic acids is 2. The molecule has 0 radical (unpaired) electrons. The molecule has 4 heteroatoms. The Bertz CT molecular complexity index is 401. The average Bonchev–Trinajstić information content (AvgIpc) is 2.56. The summed E-state index contributed by atoms with van der Waals surface area (Å²) < 4.78 is 11.2. The van der Waals surface area contributed by atoms with Crippen LogP contribution in [0.25, 0.3) is 0 Å². The highest BCUT2D eigenvalue weighted by atomic mass is 16.5. The number of rotatable bonds is 13. The van der Waals surface area contributed by atoms with Gasteiger partial charge in [-0.05, 0) is 36.5 Å². The molecule has 0 aliphatic carbocycles. The summed E-state index contributed by atoms with van der Waals surface area (Å²) in [5.74, 6) is -1.41. The van der Waals surface area contributed by atoms with Gasteiger partial charge in [-0.1, -0.05) is 81.1 Å². The molecular formula is C24H46O4. The predicted molar refractivity (Wildman–Crippen MR) is 116 cm³/mol. The number of carbonyl (C=O) groups is 2. The lowest BCUT2D eigenvalue weighted by Gasteiger charge is -2.33. The Balaban J connectivity index is 5.36. The fourth-order valence-electron chi connectivity index (χ4n) is 3.36. The second-order valence-electron chi connectivity index (χ2n) is 10.5. The molecule has 0 aromatic heterocycles. The molecule has 2 atom stereocenters. The highest BCUT2D eigenvalue weighted by Crippen LogP contribution is 2.37. The van der Waals surface area contributed by atoms with Crippen molar-refractivity contribution >= 4 is 11.9 Å². The Morgan fingerprint density at radius 3 is 1.21 bits per heavy atom. The molecule has 0 aliphatic heterocycles. The Hall–Kier alpha value is -1.06. The van der Waals surface area contributed by atoms with E-state index in [1.807, 2.05) is 0 Å². The Labute approximate surface area is 174 Å². The van der Waals surface area contributed by atoms with E-state index in [9.17, 15) is 9.59 Å². The topological polar surface area (TPSA) is 52.6 Å². The van der Waals surface area contributed by atoms with Gasteiger partial charge in [0.2, 0.25) is 0 Å². The lowest BCUT2D eigenvalue weighted by atomic mass is 9.73. The van der Waals surface area contributed by atoms with Gasteiger partial charge in [0.25, 0.3) is 0 Å². The molecule has 0 rings (SSSR count). The van der Waals surface area contributed by atoms with Crippen molar-refractivity contribution in [2.45, 2.75) is 107 Å². The van der Waals surface area contributed by atoms with Crippen LogP contribution in [0.5, 0.6) is 0 Å². The van der Waals surface area contributed by atoms with Crippen LogP contribution in [0, 0.1) is 22.7 Å². The highest BCUT2D eigenvalue weighted by molar-refractivity contribution is 5.82. The van der Waals surface area contributed by atoms with Crippen LogP contribution in [0.2, 0.25) is 0 Å². The normalized spacial score (nSPS) is 14.4. The zero-order chi connectivity index (χ0) is 21.8. The molecule has 166 valence electrons. The average molecular weight is 399 g/mol. The van der Waals surface area contributed by atoms with E-state index in [0.29, 0.717) is 26.1 Å². The molecule has 0 amide bonds. The number of unbranched alkanes of at least 4 members (excludes halogenated alkanes) is 4. The van der Waals surface area contributed by atoms with E-state index in [1.165, 1.54) is 0 Å². The molecule has 0 saturated heterocycles. The summed E-state index contributed by atoms with van der Waals surface area (Å²) in [6, 6.07) is 0. The number of esters is 2. The SMILES string of the molecule is CCCCCOC(=O)C(CC(C)(C)C)C(CC(C)(C)C)C(=O)OCCCCC. The maximum absolute atomic E-state index is 13.0. The summed E-state index contributed by atoms with van der Waals surface area (Å²) >= 11 is 0. The lowest BCUT2D eigenvalue weighted by Crippen LogP contribution is -2.37. The molecule has 0 fully saturated rings. The van der Waals surface area contributed by atoms with Crippen LogP contribution < -0.4 is 0 Å². The van der Waals surface area contributed by atoms with Crippen molar-refractivity contribution in [1.82, 2.24) is 0 Å². The minimum atomic E-state index is -0.459. The molecule has 4 nitrogen and oxygen atoms in total. The van der Waals surface area contributed by atoms with Crippen molar-refractivity contribution in [1.29, 1.82) is 0 Å². The van der Waals surface area contributed by atoms with Crippen molar-refractivity contribution in [3.05, 3.63) is 0 Å². The first-order valence-electron chi connectivity index (χ1n) is 11.2. The summed E-state index contributed by atoms with van der Waals surface area (Å²) in [5, 5.41) is 0. The molecule has 0 heterocycles. The molecule has 0 spiro atoms. The highest BCUT2D eigenvalue weighted by Gasteiger charge is 2.40. The van der Waals surface area contributed by atoms with Crippen LogP contribution in [-0.2, 0) is 19.1 Å². The van der Waals surface area contributed by atoms with E-state index in [-0.39, 0.29) is 22.8 Å². The second-order valence-corrected chi connectivity index (χ2v) is 10.5. The molecule has 2 unspecified atom stereocenters. The third-order valence-electron chi connectivity index (χ3n) is 4.74. The van der Waals surface area contributed by atoms with Crippen molar-refractivity contribution < 1.29 is 19.1 Å². The fraction of sp³-hybridized carbons (Fsp3) is 0.917. The smallest absolute Gasteiger partial charge is 0.309 e. The van der Waals surface area contributed by atoms with Gasteiger partial charge >= 0.3 is 11.9 Å². The largest absolute Gasteiger partial charge is 0.465 e. The minimum Gasteiger partial charge on any atom is -0.465 e. The standard InChI is InChI=1S/C24H46O4/c1-9-11-13-15-27-21(25)19(17-23(3,4)5)20(18-24(6,7)8)22(26)28-16-14-12-10-2/h19-20H,9-18H2,1-8H3. The quantitative estimate of drug-likeness (QED) is 0.260. The zero-order valence-corrected chi connectivity index (χ0v) is 19.9. The Kier molecular flexibility index (Phi) is 12.7. The van der Waals surface area contributed by atoms with Crippen molar-refractivity contribution in [3.8, 4) is 0 Å². The van der Waals surface area contributed by atoms with Gasteiger partial charge < -0.3 is 9.47 Å². The lowest BCUT2D eigenvalue weighted by molar-refractivity contribution is -0.163. The number of hydrogen-bond acceptors (Lipinski definition) is 4. The van der Waals surface area contributed by atoms with E-state index in [4.69, 9.17) is 9.47 Å². The molecular weight excluding hydrogens is 352 g/mol. The van der Waals surface area contributed by atoms with Crippen LogP contribution in [0.15, 0.2) is 0 Å². The zero-order valence-electron chi connectivity index (χ0n) is 19.9. The number of ether oxygens (including phenoxy) is 2. The molecule has 0 N–H and O–H groups in total. The first kappa shape index (κ1) is 26.9. The first-order valence-corrected chi connectivity index (χ1v) is 11.2. The first-order chi connectivity index (χ1) is 12.9. The molecule has 0 aromatic carbocycles. The molecule has 0 saturated carbocycles. The Morgan fingerprint density at radius 1 is 0.643 bits per heavy atom. The molecule has 28 heavy (non-hydrogen) atoms. The Morgan fingerprint density at radius 2 is 0.964 bits per heavy atom. The van der Waals surface area contributed by atoms with Gasteiger partial charge in [0.15, 0.2) is 0 Å². The molecule has 0 aliphatic rings. The fourth-order valence-corrected chi connectivity index (χ4v) is 3.36. The number of hydrogen-bond donors (Lipinski definition) is 0. The van der Waals surface area contributed by atoms with Gasteiger partial charge in [0.05, 0.1) is 25.0 Å². The van der Waals surface area contributed by atoms with Gasteiger partial charge in [0.1, 0.15) is 0 Å². The van der Waals surface area contributed by atoms with Gasteiger partial charge in [-0.2, -0.15) is 0 Å².